The van der Waals surface area contributed by atoms with Gasteiger partial charge in [-0.2, -0.15) is 0 Å². The summed E-state index contributed by atoms with van der Waals surface area (Å²) in [7, 11) is 0. The predicted molar refractivity (Wildman–Crippen MR) is 157 cm³/mol. The van der Waals surface area contributed by atoms with E-state index in [0.717, 1.165) is 51.7 Å². The second kappa shape index (κ2) is 11.9. The van der Waals surface area contributed by atoms with Crippen LogP contribution in [0.2, 0.25) is 0 Å². The monoisotopic (exact) mass is 602 g/mol. The molecule has 0 aliphatic carbocycles. The zero-order valence-electron chi connectivity index (χ0n) is 23.2. The van der Waals surface area contributed by atoms with Crippen LogP contribution in [0.1, 0.15) is 49.0 Å². The zero-order valence-corrected chi connectivity index (χ0v) is 24.8. The number of thiophene rings is 2. The van der Waals surface area contributed by atoms with Crippen molar-refractivity contribution in [2.24, 2.45) is 0 Å². The number of hydrogen-bond acceptors (Lipinski definition) is 10. The third-order valence-electron chi connectivity index (χ3n) is 7.02. The van der Waals surface area contributed by atoms with Crippen LogP contribution in [0.3, 0.4) is 0 Å². The molecule has 5 aromatic heterocycles. The van der Waals surface area contributed by atoms with Crippen molar-refractivity contribution in [1.82, 2.24) is 20.4 Å². The maximum absolute atomic E-state index is 12.0. The van der Waals surface area contributed by atoms with E-state index in [4.69, 9.17) is 14.5 Å². The Bertz CT molecular complexity index is 1770. The Labute approximate surface area is 249 Å². The Morgan fingerprint density at radius 1 is 0.976 bits per heavy atom. The summed E-state index contributed by atoms with van der Waals surface area (Å²) < 4.78 is 7.33. The van der Waals surface area contributed by atoms with Crippen LogP contribution in [0.25, 0.3) is 43.3 Å². The number of unbranched alkanes of at least 4 members (excludes halogenated alkanes) is 2. The summed E-state index contributed by atoms with van der Waals surface area (Å²) in [6, 6.07) is 10.4. The van der Waals surface area contributed by atoms with E-state index in [1.807, 2.05) is 12.4 Å². The normalized spacial score (nSPS) is 13.4. The maximum Gasteiger partial charge on any atom is 0.333 e. The fraction of sp³-hybridized carbons (Fsp3) is 0.300. The summed E-state index contributed by atoms with van der Waals surface area (Å²) in [5.74, 6) is -1.48. The number of nitrogens with zero attached hydrogens (tertiary/aromatic N) is 5. The molecule has 0 saturated carbocycles. The quantitative estimate of drug-likeness (QED) is 0.112. The molecule has 2 amide bonds. The van der Waals surface area contributed by atoms with E-state index in [2.05, 4.69) is 64.4 Å². The number of hydroxylamine groups is 2. The third-order valence-corrected chi connectivity index (χ3v) is 9.09. The van der Waals surface area contributed by atoms with Gasteiger partial charge in [-0.05, 0) is 66.1 Å². The highest BCUT2D eigenvalue weighted by Crippen LogP contribution is 2.42. The number of imide groups is 1. The molecule has 10 nitrogen and oxygen atoms in total. The fourth-order valence-electron chi connectivity index (χ4n) is 4.89. The number of pyridine rings is 2. The smallest absolute Gasteiger partial charge is 0.330 e. The minimum Gasteiger partial charge on any atom is -0.330 e. The number of hydrogen-bond donors (Lipinski definition) is 0. The molecule has 42 heavy (non-hydrogen) atoms. The molecule has 0 unspecified atom stereocenters. The summed E-state index contributed by atoms with van der Waals surface area (Å²) in [6.07, 6.45) is 6.66. The zero-order chi connectivity index (χ0) is 29.2. The van der Waals surface area contributed by atoms with Gasteiger partial charge in [0, 0.05) is 58.7 Å². The first-order chi connectivity index (χ1) is 20.4. The summed E-state index contributed by atoms with van der Waals surface area (Å²) in [4.78, 5) is 48.5. The molecule has 1 aliphatic heterocycles. The summed E-state index contributed by atoms with van der Waals surface area (Å²) >= 11 is 3.30. The van der Waals surface area contributed by atoms with Gasteiger partial charge in [-0.15, -0.1) is 27.7 Å². The molecule has 1 fully saturated rings. The molecular weight excluding hydrogens is 574 g/mol. The van der Waals surface area contributed by atoms with Gasteiger partial charge in [-0.25, -0.2) is 19.0 Å². The molecule has 1 saturated heterocycles. The van der Waals surface area contributed by atoms with Gasteiger partial charge < -0.3 is 4.84 Å². The number of aryl methyl sites for hydroxylation is 3. The van der Waals surface area contributed by atoms with Gasteiger partial charge in [-0.1, -0.05) is 0 Å². The van der Waals surface area contributed by atoms with Crippen molar-refractivity contribution >= 4 is 51.5 Å². The fourth-order valence-corrected chi connectivity index (χ4v) is 6.69. The van der Waals surface area contributed by atoms with Crippen LogP contribution in [-0.2, 0) is 25.8 Å². The van der Waals surface area contributed by atoms with Crippen LogP contribution < -0.4 is 4.57 Å². The molecule has 0 spiro atoms. The first-order valence-electron chi connectivity index (χ1n) is 13.7. The van der Waals surface area contributed by atoms with Crippen molar-refractivity contribution < 1.29 is 28.4 Å². The highest BCUT2D eigenvalue weighted by Gasteiger charge is 2.32. The number of aromatic nitrogens is 4. The first kappa shape index (κ1) is 27.9. The van der Waals surface area contributed by atoms with Crippen LogP contribution >= 0.6 is 22.7 Å². The average Bonchev–Trinajstić information content (AvgIpc) is 3.79. The molecule has 0 bridgehead atoms. The molecule has 6 heterocycles. The van der Waals surface area contributed by atoms with E-state index in [0.29, 0.717) is 22.5 Å². The highest BCUT2D eigenvalue weighted by molar-refractivity contribution is 7.15. The standard InChI is InChI=1S/C30H28N5O5S2/c1-18-16-22(41-17-18)26-27(31-28(21-8-7-19(2)42-21)30-29(26)32-40-33-30)20-11-14-34(15-12-20)13-5-3-4-6-25(38)39-35-23(36)9-10-24(35)37/h7-8,11-12,14-17H,3-6,9-10,13H2,1-2H3/q+1. The van der Waals surface area contributed by atoms with E-state index in [1.54, 1.807) is 22.7 Å². The lowest BCUT2D eigenvalue weighted by atomic mass is 10.0. The number of carbonyl (C=O) groups is 3. The van der Waals surface area contributed by atoms with Gasteiger partial charge in [0.05, 0.1) is 10.6 Å². The Morgan fingerprint density at radius 3 is 2.43 bits per heavy atom. The van der Waals surface area contributed by atoms with Crippen LogP contribution in [0.4, 0.5) is 0 Å². The van der Waals surface area contributed by atoms with Gasteiger partial charge in [-0.3, -0.25) is 9.59 Å². The number of amides is 2. The highest BCUT2D eigenvalue weighted by atomic mass is 32.1. The Kier molecular flexibility index (Phi) is 7.90. The van der Waals surface area contributed by atoms with Gasteiger partial charge in [0.15, 0.2) is 17.9 Å². The van der Waals surface area contributed by atoms with E-state index >= 15 is 0 Å². The molecule has 12 heteroatoms. The number of rotatable bonds is 10. The van der Waals surface area contributed by atoms with E-state index in [9.17, 15) is 14.4 Å². The molecule has 0 N–H and O–H groups in total. The topological polar surface area (TPSA) is 119 Å². The Balaban J connectivity index is 1.17. The second-order valence-corrected chi connectivity index (χ2v) is 12.4. The lowest BCUT2D eigenvalue weighted by Gasteiger charge is -2.12. The van der Waals surface area contributed by atoms with Gasteiger partial charge in [0.25, 0.3) is 11.8 Å². The third kappa shape index (κ3) is 5.72. The van der Waals surface area contributed by atoms with Crippen molar-refractivity contribution in [3.05, 3.63) is 58.5 Å². The van der Waals surface area contributed by atoms with Crippen LogP contribution in [-0.4, -0.2) is 38.1 Å². The van der Waals surface area contributed by atoms with E-state index < -0.39 is 17.8 Å². The number of carbonyl (C=O) groups excluding carboxylic acids is 3. The van der Waals surface area contributed by atoms with E-state index in [-0.39, 0.29) is 19.3 Å². The Morgan fingerprint density at radius 2 is 1.74 bits per heavy atom. The lowest BCUT2D eigenvalue weighted by Crippen LogP contribution is -2.32. The number of fused-ring (bicyclic) bond motifs is 1. The predicted octanol–water partition coefficient (Wildman–Crippen LogP) is 5.81. The van der Waals surface area contributed by atoms with Gasteiger partial charge in [0.1, 0.15) is 17.8 Å². The van der Waals surface area contributed by atoms with Gasteiger partial charge in [0.2, 0.25) is 0 Å². The minimum absolute atomic E-state index is 0.0920. The van der Waals surface area contributed by atoms with Crippen LogP contribution in [0.15, 0.2) is 52.7 Å². The summed E-state index contributed by atoms with van der Waals surface area (Å²) in [5.41, 5.74) is 5.95. The largest absolute Gasteiger partial charge is 0.333 e. The molecule has 0 radical (unpaired) electrons. The molecule has 0 atom stereocenters. The van der Waals surface area contributed by atoms with Crippen molar-refractivity contribution in [1.29, 1.82) is 0 Å². The minimum atomic E-state index is -0.559. The Hall–Kier alpha value is -4.29. The van der Waals surface area contributed by atoms with Crippen molar-refractivity contribution in [2.45, 2.75) is 58.9 Å². The maximum atomic E-state index is 12.0. The first-order valence-corrected chi connectivity index (χ1v) is 15.4. The summed E-state index contributed by atoms with van der Waals surface area (Å²) in [6.45, 7) is 4.91. The average molecular weight is 603 g/mol. The molecule has 0 aromatic carbocycles. The van der Waals surface area contributed by atoms with Crippen molar-refractivity contribution in [3.8, 4) is 32.3 Å². The van der Waals surface area contributed by atoms with Crippen LogP contribution in [0, 0.1) is 13.8 Å². The summed E-state index contributed by atoms with van der Waals surface area (Å²) in [5, 5.41) is 11.3. The second-order valence-electron chi connectivity index (χ2n) is 10.2. The van der Waals surface area contributed by atoms with E-state index in [1.165, 1.54) is 10.4 Å². The van der Waals surface area contributed by atoms with Crippen molar-refractivity contribution in [3.63, 3.8) is 0 Å². The molecule has 1 aliphatic rings. The van der Waals surface area contributed by atoms with Crippen molar-refractivity contribution in [2.75, 3.05) is 0 Å². The molecular formula is C30H28N5O5S2+. The lowest BCUT2D eigenvalue weighted by molar-refractivity contribution is -0.697. The SMILES string of the molecule is Cc1csc(-c2c(-c3cc[n+](CCCCCC(=O)ON4C(=O)CCC4=O)cc3)nc(-c3ccc(C)s3)c3nonc23)c1. The molecule has 214 valence electrons. The van der Waals surface area contributed by atoms with Crippen LogP contribution in [0.5, 0.6) is 0 Å². The molecule has 6 rings (SSSR count). The van der Waals surface area contributed by atoms with Gasteiger partial charge >= 0.3 is 5.97 Å². The molecule has 5 aromatic rings.